The van der Waals surface area contributed by atoms with Crippen molar-refractivity contribution in [3.05, 3.63) is 41.5 Å². The highest BCUT2D eigenvalue weighted by Crippen LogP contribution is 2.66. The minimum Gasteiger partial charge on any atom is -0.438 e. The van der Waals surface area contributed by atoms with E-state index in [9.17, 15) is 28.5 Å². The molecular weight excluding hydrogens is 743 g/mol. The summed E-state index contributed by atoms with van der Waals surface area (Å²) in [6, 6.07) is 2.57. The molecule has 15 nitrogen and oxygen atoms in total. The first kappa shape index (κ1) is 45.1. The summed E-state index contributed by atoms with van der Waals surface area (Å²) in [5.74, 6) is -3.95. The number of benzene rings is 1. The molecule has 3 rings (SSSR count). The molecule has 0 aliphatic carbocycles. The van der Waals surface area contributed by atoms with E-state index in [0.29, 0.717) is 37.7 Å². The summed E-state index contributed by atoms with van der Waals surface area (Å²) in [6.45, 7) is 5.53. The smallest absolute Gasteiger partial charge is 0.410 e. The molecule has 4 atom stereocenters. The summed E-state index contributed by atoms with van der Waals surface area (Å²) in [4.78, 5) is 65.4. The molecule has 2 saturated heterocycles. The first-order valence-corrected chi connectivity index (χ1v) is 19.7. The van der Waals surface area contributed by atoms with Crippen LogP contribution in [0.5, 0.6) is 0 Å². The number of fused-ring (bicyclic) bond motifs is 1. The van der Waals surface area contributed by atoms with Crippen LogP contribution in [0.4, 0.5) is 8.78 Å². The van der Waals surface area contributed by atoms with Gasteiger partial charge in [-0.1, -0.05) is 51.0 Å². The van der Waals surface area contributed by atoms with Gasteiger partial charge in [-0.05, 0) is 64.5 Å². The molecule has 2 aliphatic rings. The minimum atomic E-state index is -5.50. The Morgan fingerprint density at radius 2 is 1.58 bits per heavy atom. The zero-order chi connectivity index (χ0) is 41.0. The van der Waals surface area contributed by atoms with Gasteiger partial charge < -0.3 is 35.8 Å². The molecule has 4 unspecified atom stereocenters. The van der Waals surface area contributed by atoms with Gasteiger partial charge in [-0.2, -0.15) is 8.78 Å². The monoisotopic (exact) mass is 795 g/mol. The van der Waals surface area contributed by atoms with Crippen LogP contribution in [0, 0.1) is 28.1 Å². The number of alkyl halides is 2. The van der Waals surface area contributed by atoms with Crippen molar-refractivity contribution in [2.24, 2.45) is 17.3 Å². The van der Waals surface area contributed by atoms with E-state index in [1.807, 2.05) is 0 Å². The predicted octanol–water partition coefficient (Wildman–Crippen LogP) is 5.52. The van der Waals surface area contributed by atoms with Crippen molar-refractivity contribution in [2.75, 3.05) is 20.1 Å². The lowest BCUT2D eigenvalue weighted by molar-refractivity contribution is -0.162. The summed E-state index contributed by atoms with van der Waals surface area (Å²) in [5, 5.41) is 20.2. The lowest BCUT2D eigenvalue weighted by atomic mass is 9.98. The Hall–Kier alpha value is -4.34. The van der Waals surface area contributed by atoms with E-state index in [0.717, 1.165) is 43.5 Å². The Labute approximate surface area is 319 Å². The van der Waals surface area contributed by atoms with Crippen molar-refractivity contribution >= 4 is 55.8 Å². The second-order valence-electron chi connectivity index (χ2n) is 14.7. The lowest BCUT2D eigenvalue weighted by Gasteiger charge is -2.35. The van der Waals surface area contributed by atoms with Crippen LogP contribution in [-0.2, 0) is 52.7 Å². The van der Waals surface area contributed by atoms with E-state index < -0.39 is 79.6 Å². The van der Waals surface area contributed by atoms with Crippen LogP contribution >= 0.6 is 7.60 Å². The Morgan fingerprint density at radius 1 is 0.964 bits per heavy atom. The molecule has 0 saturated carbocycles. The summed E-state index contributed by atoms with van der Waals surface area (Å²) < 4.78 is 64.4. The molecule has 18 heteroatoms. The molecule has 4 N–H and O–H groups in total. The van der Waals surface area contributed by atoms with E-state index >= 15 is 8.78 Å². The zero-order valence-corrected chi connectivity index (χ0v) is 32.7. The largest absolute Gasteiger partial charge is 0.438 e. The first-order chi connectivity index (χ1) is 25.8. The molecule has 2 fully saturated rings. The average Bonchev–Trinajstić information content (AvgIpc) is 3.55. The van der Waals surface area contributed by atoms with Gasteiger partial charge in [0.2, 0.25) is 31.3 Å². The molecule has 1 aromatic carbocycles. The van der Waals surface area contributed by atoms with Crippen LogP contribution in [0.25, 0.3) is 6.08 Å². The van der Waals surface area contributed by atoms with Crippen molar-refractivity contribution < 1.29 is 55.8 Å². The summed E-state index contributed by atoms with van der Waals surface area (Å²) in [7, 11) is -5.50. The van der Waals surface area contributed by atoms with Gasteiger partial charge in [-0.25, -0.2) is 0 Å². The molecule has 2 heterocycles. The topological polar surface area (TPSA) is 214 Å². The van der Waals surface area contributed by atoms with Crippen LogP contribution in [-0.4, -0.2) is 85.2 Å². The molecule has 0 bridgehead atoms. The quantitative estimate of drug-likeness (QED) is 0.0480. The van der Waals surface area contributed by atoms with Crippen molar-refractivity contribution in [3.63, 3.8) is 0 Å². The normalized spacial score (nSPS) is 20.8. The van der Waals surface area contributed by atoms with Gasteiger partial charge in [0.05, 0.1) is 11.3 Å². The number of amides is 3. The number of esters is 2. The van der Waals surface area contributed by atoms with Gasteiger partial charge in [-0.3, -0.25) is 37.6 Å². The number of nitrogens with zero attached hydrogens (tertiary/aromatic N) is 1. The van der Waals surface area contributed by atoms with E-state index in [1.54, 1.807) is 4.90 Å². The van der Waals surface area contributed by atoms with Gasteiger partial charge in [0, 0.05) is 42.6 Å². The number of nitrogens with one attached hydrogen (secondary N) is 4. The summed E-state index contributed by atoms with van der Waals surface area (Å²) in [6.07, 6.45) is 8.81. The van der Waals surface area contributed by atoms with Crippen molar-refractivity contribution in [3.8, 4) is 0 Å². The van der Waals surface area contributed by atoms with E-state index in [4.69, 9.17) is 29.3 Å². The van der Waals surface area contributed by atoms with Crippen LogP contribution in [0.1, 0.15) is 90.7 Å². The summed E-state index contributed by atoms with van der Waals surface area (Å²) in [5.41, 5.74) is -5.83. The van der Waals surface area contributed by atoms with Crippen LogP contribution in [0.3, 0.4) is 0 Å². The fourth-order valence-corrected chi connectivity index (χ4v) is 7.09. The number of carbonyl (C=O) groups is 5. The Balaban J connectivity index is 1.69. The maximum atomic E-state index is 15.8. The number of rotatable bonds is 18. The molecule has 3 amide bonds. The maximum absolute atomic E-state index is 15.8. The highest BCUT2D eigenvalue weighted by molar-refractivity contribution is 7.54. The van der Waals surface area contributed by atoms with Crippen molar-refractivity contribution in [1.29, 1.82) is 10.8 Å². The van der Waals surface area contributed by atoms with E-state index in [2.05, 4.69) is 10.6 Å². The molecule has 0 aromatic heterocycles. The molecular formula is C37H52F2N5O10P. The fourth-order valence-electron chi connectivity index (χ4n) is 5.85. The van der Waals surface area contributed by atoms with Gasteiger partial charge in [-0.15, -0.1) is 0 Å². The fraction of sp³-hybridized carbons (Fsp3) is 0.595. The van der Waals surface area contributed by atoms with Crippen molar-refractivity contribution in [1.82, 2.24) is 15.5 Å². The minimum absolute atomic E-state index is 0.147. The second-order valence-corrected chi connectivity index (χ2v) is 16.8. The van der Waals surface area contributed by atoms with Crippen LogP contribution < -0.4 is 10.6 Å². The van der Waals surface area contributed by atoms with Gasteiger partial charge in [0.25, 0.3) is 0 Å². The third kappa shape index (κ3) is 12.3. The Kier molecular flexibility index (Phi) is 16.4. The van der Waals surface area contributed by atoms with E-state index in [-0.39, 0.29) is 24.4 Å². The Morgan fingerprint density at radius 3 is 2.18 bits per heavy atom. The third-order valence-electron chi connectivity index (χ3n) is 9.11. The molecule has 304 valence electrons. The average molecular weight is 796 g/mol. The predicted molar refractivity (Wildman–Crippen MR) is 198 cm³/mol. The number of hydrogen-bond donors (Lipinski definition) is 4. The molecule has 55 heavy (non-hydrogen) atoms. The standard InChI is InChI=1S/C37H52F2N5O10P/c1-24(2)34(48)51-22-53-55(50,54-23-52-35(49)36(3,4)5)37(38,39)27-13-10-25(11-14-27)12-17-31(45)43-29-9-7-6-8-28-15-16-30(44(28)33(29)47)32(46)42-19-18-26(20-40)21-41/h10-14,17,20-21,24,26,28-30,40-41H,6-9,15-16,18-19,22-23H2,1-5H3,(H,42,46)(H,43,45). The number of ether oxygens (including phenoxy) is 2. The van der Waals surface area contributed by atoms with Gasteiger partial charge in [0.15, 0.2) is 0 Å². The molecule has 2 aliphatic heterocycles. The van der Waals surface area contributed by atoms with E-state index in [1.165, 1.54) is 52.8 Å². The third-order valence-corrected chi connectivity index (χ3v) is 10.9. The number of carbonyl (C=O) groups excluding carboxylic acids is 5. The number of halogens is 2. The van der Waals surface area contributed by atoms with Crippen molar-refractivity contribution in [2.45, 2.75) is 103 Å². The van der Waals surface area contributed by atoms with Gasteiger partial charge in [0.1, 0.15) is 12.1 Å². The van der Waals surface area contributed by atoms with Crippen LogP contribution in [0.2, 0.25) is 0 Å². The highest BCUT2D eigenvalue weighted by Gasteiger charge is 2.56. The first-order valence-electron chi connectivity index (χ1n) is 18.2. The lowest BCUT2D eigenvalue weighted by Crippen LogP contribution is -2.56. The Bertz CT molecular complexity index is 1620. The molecule has 0 spiro atoms. The number of hydrogen-bond acceptors (Lipinski definition) is 12. The van der Waals surface area contributed by atoms with Gasteiger partial charge >= 0.3 is 25.2 Å². The zero-order valence-electron chi connectivity index (χ0n) is 31.8. The SMILES string of the molecule is CC(C)C(=O)OCOP(=O)(OCOC(=O)C(C)(C)C)C(F)(F)c1ccc(C=CC(=O)NC2CCCCC3CCC(C(=O)NCCC(C=N)C=N)N3C2=O)cc1. The van der Waals surface area contributed by atoms with Crippen LogP contribution in [0.15, 0.2) is 30.3 Å². The highest BCUT2D eigenvalue weighted by atomic mass is 31.2. The molecule has 0 radical (unpaired) electrons. The molecule has 1 aromatic rings. The second kappa shape index (κ2) is 20.0. The summed E-state index contributed by atoms with van der Waals surface area (Å²) >= 11 is 0. The maximum Gasteiger partial charge on any atom is 0.410 e.